The second-order valence-electron chi connectivity index (χ2n) is 9.79. The first-order chi connectivity index (χ1) is 18.1. The third kappa shape index (κ3) is 6.49. The highest BCUT2D eigenvalue weighted by molar-refractivity contribution is 5.94. The lowest BCUT2D eigenvalue weighted by molar-refractivity contribution is 0.0935. The largest absolute Gasteiger partial charge is 0.497 e. The molecule has 4 aromatic rings. The number of carbonyl (C=O) groups excluding carboxylic acids is 1. The Hall–Kier alpha value is -3.84. The SMILES string of the molecule is COc1ccc(CN2CCC(CNC(=O)c3ccc(OCc4cn5cc(C)ccc5n4)cc3)CC2)cc1. The molecule has 0 radical (unpaired) electrons. The second kappa shape index (κ2) is 11.5. The number of hydrogen-bond donors (Lipinski definition) is 1. The molecule has 2 aromatic heterocycles. The molecule has 1 amide bonds. The van der Waals surface area contributed by atoms with Crippen LogP contribution in [-0.2, 0) is 13.2 Å². The Morgan fingerprint density at radius 2 is 1.70 bits per heavy atom. The van der Waals surface area contributed by atoms with E-state index in [4.69, 9.17) is 9.47 Å². The molecule has 1 saturated heterocycles. The molecule has 37 heavy (non-hydrogen) atoms. The molecule has 3 heterocycles. The molecule has 7 heteroatoms. The van der Waals surface area contributed by atoms with Gasteiger partial charge in [0.25, 0.3) is 5.91 Å². The number of fused-ring (bicyclic) bond motifs is 1. The van der Waals surface area contributed by atoms with Crippen LogP contribution in [0.3, 0.4) is 0 Å². The van der Waals surface area contributed by atoms with E-state index >= 15 is 0 Å². The molecule has 0 aliphatic carbocycles. The summed E-state index contributed by atoms with van der Waals surface area (Å²) in [5, 5.41) is 3.12. The number of imidazole rings is 1. The highest BCUT2D eigenvalue weighted by Crippen LogP contribution is 2.20. The summed E-state index contributed by atoms with van der Waals surface area (Å²) in [6.07, 6.45) is 6.20. The number of carbonyl (C=O) groups is 1. The van der Waals surface area contributed by atoms with Crippen molar-refractivity contribution >= 4 is 11.6 Å². The fourth-order valence-electron chi connectivity index (χ4n) is 4.76. The number of likely N-dealkylation sites (tertiary alicyclic amines) is 1. The molecule has 1 aliphatic heterocycles. The van der Waals surface area contributed by atoms with Gasteiger partial charge in [-0.1, -0.05) is 18.2 Å². The van der Waals surface area contributed by atoms with E-state index in [-0.39, 0.29) is 5.91 Å². The lowest BCUT2D eigenvalue weighted by atomic mass is 9.96. The Bertz CT molecular complexity index is 1320. The van der Waals surface area contributed by atoms with Crippen LogP contribution in [0.15, 0.2) is 73.1 Å². The molecule has 1 fully saturated rings. The monoisotopic (exact) mass is 498 g/mol. The highest BCUT2D eigenvalue weighted by atomic mass is 16.5. The Balaban J connectivity index is 1.04. The van der Waals surface area contributed by atoms with Crippen LogP contribution in [0.25, 0.3) is 5.65 Å². The zero-order valence-corrected chi connectivity index (χ0v) is 21.5. The zero-order chi connectivity index (χ0) is 25.6. The summed E-state index contributed by atoms with van der Waals surface area (Å²) in [7, 11) is 1.69. The Morgan fingerprint density at radius 3 is 2.43 bits per heavy atom. The number of rotatable bonds is 9. The van der Waals surface area contributed by atoms with Crippen LogP contribution in [0.2, 0.25) is 0 Å². The predicted octanol–water partition coefficient (Wildman–Crippen LogP) is 4.87. The molecule has 2 aromatic carbocycles. The van der Waals surface area contributed by atoms with Crippen molar-refractivity contribution in [1.82, 2.24) is 19.6 Å². The van der Waals surface area contributed by atoms with Crippen molar-refractivity contribution < 1.29 is 14.3 Å². The summed E-state index contributed by atoms with van der Waals surface area (Å²) in [5.74, 6) is 2.07. The quantitative estimate of drug-likeness (QED) is 0.357. The van der Waals surface area contributed by atoms with E-state index in [1.807, 2.05) is 65.3 Å². The normalized spacial score (nSPS) is 14.5. The number of ether oxygens (including phenoxy) is 2. The molecule has 0 atom stereocenters. The van der Waals surface area contributed by atoms with Gasteiger partial charge in [0, 0.05) is 31.0 Å². The first-order valence-electron chi connectivity index (χ1n) is 12.9. The highest BCUT2D eigenvalue weighted by Gasteiger charge is 2.20. The number of hydrogen-bond acceptors (Lipinski definition) is 5. The van der Waals surface area contributed by atoms with Crippen LogP contribution < -0.4 is 14.8 Å². The van der Waals surface area contributed by atoms with E-state index in [1.165, 1.54) is 11.1 Å². The topological polar surface area (TPSA) is 68.1 Å². The van der Waals surface area contributed by atoms with Crippen molar-refractivity contribution in [1.29, 1.82) is 0 Å². The summed E-state index contributed by atoms with van der Waals surface area (Å²) in [6.45, 7) is 6.19. The number of amides is 1. The Morgan fingerprint density at radius 1 is 0.973 bits per heavy atom. The van der Waals surface area contributed by atoms with E-state index in [9.17, 15) is 4.79 Å². The minimum Gasteiger partial charge on any atom is -0.497 e. The molecule has 7 nitrogen and oxygen atoms in total. The number of benzene rings is 2. The van der Waals surface area contributed by atoms with Crippen molar-refractivity contribution in [3.05, 3.63) is 95.4 Å². The van der Waals surface area contributed by atoms with E-state index in [2.05, 4.69) is 34.3 Å². The predicted molar refractivity (Wildman–Crippen MR) is 144 cm³/mol. The van der Waals surface area contributed by atoms with Gasteiger partial charge in [0.2, 0.25) is 0 Å². The molecular weight excluding hydrogens is 464 g/mol. The van der Waals surface area contributed by atoms with Crippen LogP contribution >= 0.6 is 0 Å². The number of aryl methyl sites for hydroxylation is 1. The number of pyridine rings is 1. The molecule has 5 rings (SSSR count). The fraction of sp³-hybridized carbons (Fsp3) is 0.333. The van der Waals surface area contributed by atoms with Crippen molar-refractivity contribution in [2.24, 2.45) is 5.92 Å². The fourth-order valence-corrected chi connectivity index (χ4v) is 4.76. The third-order valence-electron chi connectivity index (χ3n) is 6.98. The smallest absolute Gasteiger partial charge is 0.251 e. The molecule has 1 aliphatic rings. The van der Waals surface area contributed by atoms with Gasteiger partial charge in [-0.25, -0.2) is 4.98 Å². The van der Waals surface area contributed by atoms with Gasteiger partial charge < -0.3 is 19.2 Å². The lowest BCUT2D eigenvalue weighted by Crippen LogP contribution is -2.38. The van der Waals surface area contributed by atoms with Crippen LogP contribution in [0.1, 0.15) is 40.0 Å². The van der Waals surface area contributed by atoms with Gasteiger partial charge in [0.15, 0.2) is 0 Å². The van der Waals surface area contributed by atoms with Crippen LogP contribution in [0.4, 0.5) is 0 Å². The lowest BCUT2D eigenvalue weighted by Gasteiger charge is -2.32. The summed E-state index contributed by atoms with van der Waals surface area (Å²) in [4.78, 5) is 19.7. The van der Waals surface area contributed by atoms with Gasteiger partial charge in [-0.2, -0.15) is 0 Å². The first kappa shape index (κ1) is 24.8. The van der Waals surface area contributed by atoms with Crippen molar-refractivity contribution in [2.75, 3.05) is 26.7 Å². The van der Waals surface area contributed by atoms with E-state index < -0.39 is 0 Å². The van der Waals surface area contributed by atoms with Gasteiger partial charge in [0.05, 0.1) is 12.8 Å². The third-order valence-corrected chi connectivity index (χ3v) is 6.98. The summed E-state index contributed by atoms with van der Waals surface area (Å²) in [6, 6.07) is 19.6. The van der Waals surface area contributed by atoms with Crippen molar-refractivity contribution in [3.8, 4) is 11.5 Å². The van der Waals surface area contributed by atoms with Crippen molar-refractivity contribution in [2.45, 2.75) is 32.9 Å². The number of nitrogens with one attached hydrogen (secondary N) is 1. The number of methoxy groups -OCH3 is 1. The molecule has 1 N–H and O–H groups in total. The van der Waals surface area contributed by atoms with E-state index in [1.54, 1.807) is 7.11 Å². The number of nitrogens with zero attached hydrogens (tertiary/aromatic N) is 3. The van der Waals surface area contributed by atoms with Gasteiger partial charge >= 0.3 is 0 Å². The molecule has 0 saturated carbocycles. The number of aromatic nitrogens is 2. The maximum atomic E-state index is 12.7. The van der Waals surface area contributed by atoms with Gasteiger partial charge in [-0.3, -0.25) is 9.69 Å². The summed E-state index contributed by atoms with van der Waals surface area (Å²) < 4.78 is 13.1. The molecular formula is C30H34N4O3. The Kier molecular flexibility index (Phi) is 7.70. The second-order valence-corrected chi connectivity index (χ2v) is 9.79. The minimum atomic E-state index is -0.0390. The molecule has 0 bridgehead atoms. The average molecular weight is 499 g/mol. The van der Waals surface area contributed by atoms with Gasteiger partial charge in [-0.05, 0) is 92.4 Å². The van der Waals surface area contributed by atoms with Gasteiger partial charge in [0.1, 0.15) is 23.8 Å². The van der Waals surface area contributed by atoms with Gasteiger partial charge in [-0.15, -0.1) is 0 Å². The van der Waals surface area contributed by atoms with Crippen LogP contribution in [0.5, 0.6) is 11.5 Å². The summed E-state index contributed by atoms with van der Waals surface area (Å²) in [5.41, 5.74) is 4.89. The maximum absolute atomic E-state index is 12.7. The van der Waals surface area contributed by atoms with Crippen molar-refractivity contribution in [3.63, 3.8) is 0 Å². The zero-order valence-electron chi connectivity index (χ0n) is 21.5. The van der Waals surface area contributed by atoms with E-state index in [0.29, 0.717) is 30.4 Å². The Labute approximate surface area is 218 Å². The molecule has 0 spiro atoms. The van der Waals surface area contributed by atoms with E-state index in [0.717, 1.165) is 49.6 Å². The average Bonchev–Trinajstić information content (AvgIpc) is 3.34. The number of piperidine rings is 1. The standard InChI is InChI=1S/C30H34N4O3/c1-22-3-12-29-32-26(20-34(29)18-22)21-37-28-10-6-25(7-11-28)30(35)31-17-23-13-15-33(16-14-23)19-24-4-8-27(36-2)9-5-24/h3-12,18,20,23H,13-17,19,21H2,1-2H3,(H,31,35). The molecule has 0 unspecified atom stereocenters. The minimum absolute atomic E-state index is 0.0390. The van der Waals surface area contributed by atoms with Crippen LogP contribution in [0, 0.1) is 12.8 Å². The van der Waals surface area contributed by atoms with Crippen LogP contribution in [-0.4, -0.2) is 46.9 Å². The molecule has 192 valence electrons. The maximum Gasteiger partial charge on any atom is 0.251 e. The summed E-state index contributed by atoms with van der Waals surface area (Å²) >= 11 is 0. The first-order valence-corrected chi connectivity index (χ1v) is 12.9.